The highest BCUT2D eigenvalue weighted by molar-refractivity contribution is 7.10. The van der Waals surface area contributed by atoms with E-state index in [4.69, 9.17) is 11.6 Å². The predicted molar refractivity (Wildman–Crippen MR) is 68.9 cm³/mol. The molecule has 3 unspecified atom stereocenters. The Morgan fingerprint density at radius 2 is 2.27 bits per heavy atom. The highest BCUT2D eigenvalue weighted by Crippen LogP contribution is 2.35. The van der Waals surface area contributed by atoms with E-state index in [1.165, 1.54) is 36.1 Å². The van der Waals surface area contributed by atoms with Gasteiger partial charge in [0.25, 0.3) is 0 Å². The van der Waals surface area contributed by atoms with Gasteiger partial charge in [0.2, 0.25) is 0 Å². The van der Waals surface area contributed by atoms with Crippen LogP contribution >= 0.6 is 22.9 Å². The molecule has 15 heavy (non-hydrogen) atoms. The van der Waals surface area contributed by atoms with Crippen molar-refractivity contribution in [3.63, 3.8) is 0 Å². The third-order valence-electron chi connectivity index (χ3n) is 3.43. The average molecular weight is 243 g/mol. The molecule has 1 saturated carbocycles. The average Bonchev–Trinajstić information content (AvgIpc) is 2.58. The molecule has 2 rings (SSSR count). The van der Waals surface area contributed by atoms with Gasteiger partial charge in [-0.2, -0.15) is 0 Å². The molecule has 0 amide bonds. The molecule has 0 N–H and O–H groups in total. The summed E-state index contributed by atoms with van der Waals surface area (Å²) >= 11 is 8.26. The quantitative estimate of drug-likeness (QED) is 0.663. The first kappa shape index (κ1) is 11.5. The zero-order chi connectivity index (χ0) is 10.8. The number of aryl methyl sites for hydroxylation is 1. The number of alkyl halides is 1. The van der Waals surface area contributed by atoms with E-state index in [9.17, 15) is 0 Å². The van der Waals surface area contributed by atoms with Crippen LogP contribution in [0.2, 0.25) is 0 Å². The molecular formula is C13H19ClS. The first-order valence-electron chi connectivity index (χ1n) is 5.83. The molecule has 2 heteroatoms. The van der Waals surface area contributed by atoms with Gasteiger partial charge in [-0.25, -0.2) is 0 Å². The summed E-state index contributed by atoms with van der Waals surface area (Å²) in [6.45, 7) is 4.53. The summed E-state index contributed by atoms with van der Waals surface area (Å²) in [6, 6.07) is 2.31. The predicted octanol–water partition coefficient (Wildman–Crippen LogP) is 4.64. The SMILES string of the molecule is Cc1cc(CC2CC(C)CCC2Cl)cs1. The minimum atomic E-state index is 0.404. The largest absolute Gasteiger partial charge is 0.149 e. The molecular weight excluding hydrogens is 224 g/mol. The maximum atomic E-state index is 6.41. The van der Waals surface area contributed by atoms with E-state index in [1.54, 1.807) is 0 Å². The zero-order valence-corrected chi connectivity index (χ0v) is 11.1. The zero-order valence-electron chi connectivity index (χ0n) is 9.50. The van der Waals surface area contributed by atoms with Crippen molar-refractivity contribution in [3.05, 3.63) is 21.9 Å². The Hall–Kier alpha value is -0.0100. The molecule has 0 spiro atoms. The monoisotopic (exact) mass is 242 g/mol. The van der Waals surface area contributed by atoms with Crippen LogP contribution in [0, 0.1) is 18.8 Å². The highest BCUT2D eigenvalue weighted by Gasteiger charge is 2.27. The molecule has 3 atom stereocenters. The Bertz CT molecular complexity index is 318. The molecule has 1 aliphatic carbocycles. The van der Waals surface area contributed by atoms with Crippen LogP contribution in [0.5, 0.6) is 0 Å². The molecule has 0 nitrogen and oxygen atoms in total. The lowest BCUT2D eigenvalue weighted by Crippen LogP contribution is -2.25. The van der Waals surface area contributed by atoms with Gasteiger partial charge < -0.3 is 0 Å². The van der Waals surface area contributed by atoms with Crippen molar-refractivity contribution < 1.29 is 0 Å². The molecule has 0 bridgehead atoms. The fourth-order valence-electron chi connectivity index (χ4n) is 2.58. The van der Waals surface area contributed by atoms with Crippen molar-refractivity contribution in [1.82, 2.24) is 0 Å². The van der Waals surface area contributed by atoms with Gasteiger partial charge in [-0.15, -0.1) is 22.9 Å². The van der Waals surface area contributed by atoms with Gasteiger partial charge >= 0.3 is 0 Å². The van der Waals surface area contributed by atoms with Gasteiger partial charge in [-0.1, -0.05) is 6.92 Å². The van der Waals surface area contributed by atoms with Gasteiger partial charge in [0.15, 0.2) is 0 Å². The summed E-state index contributed by atoms with van der Waals surface area (Å²) in [5.41, 5.74) is 1.49. The molecule has 0 aliphatic heterocycles. The van der Waals surface area contributed by atoms with Gasteiger partial charge in [0, 0.05) is 10.3 Å². The molecule has 0 saturated heterocycles. The normalized spacial score (nSPS) is 31.8. The van der Waals surface area contributed by atoms with Crippen molar-refractivity contribution in [2.75, 3.05) is 0 Å². The van der Waals surface area contributed by atoms with Crippen molar-refractivity contribution in [3.8, 4) is 0 Å². The first-order valence-corrected chi connectivity index (χ1v) is 7.15. The second kappa shape index (κ2) is 4.88. The van der Waals surface area contributed by atoms with Gasteiger partial charge in [0.05, 0.1) is 0 Å². The molecule has 0 aromatic carbocycles. The Morgan fingerprint density at radius 3 is 2.93 bits per heavy atom. The van der Waals surface area contributed by atoms with E-state index >= 15 is 0 Å². The van der Waals surface area contributed by atoms with Crippen LogP contribution in [-0.4, -0.2) is 5.38 Å². The van der Waals surface area contributed by atoms with Gasteiger partial charge in [-0.3, -0.25) is 0 Å². The first-order chi connectivity index (χ1) is 7.15. The van der Waals surface area contributed by atoms with Crippen molar-refractivity contribution in [1.29, 1.82) is 0 Å². The van der Waals surface area contributed by atoms with E-state index in [0.29, 0.717) is 11.3 Å². The molecule has 1 aromatic heterocycles. The minimum Gasteiger partial charge on any atom is -0.149 e. The van der Waals surface area contributed by atoms with Crippen LogP contribution in [0.15, 0.2) is 11.4 Å². The topological polar surface area (TPSA) is 0 Å². The van der Waals surface area contributed by atoms with Crippen LogP contribution in [-0.2, 0) is 6.42 Å². The summed E-state index contributed by atoms with van der Waals surface area (Å²) in [7, 11) is 0. The van der Waals surface area contributed by atoms with Gasteiger partial charge in [-0.05, 0) is 61.5 Å². The van der Waals surface area contributed by atoms with E-state index in [2.05, 4.69) is 25.3 Å². The lowest BCUT2D eigenvalue weighted by Gasteiger charge is -2.31. The van der Waals surface area contributed by atoms with E-state index in [-0.39, 0.29) is 0 Å². The van der Waals surface area contributed by atoms with Crippen LogP contribution in [0.4, 0.5) is 0 Å². The lowest BCUT2D eigenvalue weighted by atomic mass is 9.79. The summed E-state index contributed by atoms with van der Waals surface area (Å²) in [4.78, 5) is 1.42. The summed E-state index contributed by atoms with van der Waals surface area (Å²) < 4.78 is 0. The Balaban J connectivity index is 1.98. The maximum Gasteiger partial charge on any atom is 0.0367 e. The number of thiophene rings is 1. The van der Waals surface area contributed by atoms with Crippen LogP contribution in [0.3, 0.4) is 0 Å². The summed E-state index contributed by atoms with van der Waals surface area (Å²) in [6.07, 6.45) is 5.01. The fourth-order valence-corrected chi connectivity index (χ4v) is 3.62. The molecule has 1 heterocycles. The van der Waals surface area contributed by atoms with E-state index in [1.807, 2.05) is 11.3 Å². The Labute approximate surface area is 102 Å². The maximum absolute atomic E-state index is 6.41. The van der Waals surface area contributed by atoms with Crippen LogP contribution in [0.25, 0.3) is 0 Å². The summed E-state index contributed by atoms with van der Waals surface area (Å²) in [5, 5.41) is 2.69. The van der Waals surface area contributed by atoms with Crippen LogP contribution in [0.1, 0.15) is 36.6 Å². The minimum absolute atomic E-state index is 0.404. The van der Waals surface area contributed by atoms with Crippen LogP contribution < -0.4 is 0 Å². The molecule has 0 radical (unpaired) electrons. The highest BCUT2D eigenvalue weighted by atomic mass is 35.5. The Morgan fingerprint density at radius 1 is 1.47 bits per heavy atom. The molecule has 1 fully saturated rings. The molecule has 84 valence electrons. The second-order valence-electron chi connectivity index (χ2n) is 4.96. The van der Waals surface area contributed by atoms with Gasteiger partial charge in [0.1, 0.15) is 0 Å². The van der Waals surface area contributed by atoms with Crippen molar-refractivity contribution in [2.45, 2.75) is 44.9 Å². The second-order valence-corrected chi connectivity index (χ2v) is 6.64. The third kappa shape index (κ3) is 2.98. The Kier molecular flexibility index (Phi) is 3.73. The summed E-state index contributed by atoms with van der Waals surface area (Å²) in [5.74, 6) is 1.56. The molecule has 1 aromatic rings. The van der Waals surface area contributed by atoms with E-state index in [0.717, 1.165) is 5.92 Å². The molecule has 1 aliphatic rings. The van der Waals surface area contributed by atoms with E-state index < -0.39 is 0 Å². The number of hydrogen-bond donors (Lipinski definition) is 0. The van der Waals surface area contributed by atoms with Crippen molar-refractivity contribution >= 4 is 22.9 Å². The fraction of sp³-hybridized carbons (Fsp3) is 0.692. The standard InChI is InChI=1S/C13H19ClS/c1-9-3-4-13(14)12(5-9)7-11-6-10(2)15-8-11/h6,8-9,12-13H,3-5,7H2,1-2H3. The van der Waals surface area contributed by atoms with Crippen molar-refractivity contribution in [2.24, 2.45) is 11.8 Å². The smallest absolute Gasteiger partial charge is 0.0367 e. The third-order valence-corrected chi connectivity index (χ3v) is 4.92. The lowest BCUT2D eigenvalue weighted by molar-refractivity contribution is 0.287. The number of rotatable bonds is 2. The number of hydrogen-bond acceptors (Lipinski definition) is 1. The number of halogens is 1.